The molecule has 4 aromatic rings. The van der Waals surface area contributed by atoms with Crippen molar-refractivity contribution in [2.45, 2.75) is 25.1 Å². The fraction of sp³-hybridized carbons (Fsp3) is 0.154. The molecular formula is C26H17Cl2F3N2O2. The zero-order valence-electron chi connectivity index (χ0n) is 18.2. The third-order valence-electron chi connectivity index (χ3n) is 6.11. The Morgan fingerprint density at radius 1 is 1.03 bits per heavy atom. The first-order chi connectivity index (χ1) is 16.6. The first kappa shape index (κ1) is 23.5. The molecule has 0 N–H and O–H groups in total. The molecule has 0 spiro atoms. The molecule has 5 rings (SSSR count). The van der Waals surface area contributed by atoms with Crippen molar-refractivity contribution in [1.82, 2.24) is 4.57 Å². The van der Waals surface area contributed by atoms with Gasteiger partial charge in [0.1, 0.15) is 0 Å². The van der Waals surface area contributed by atoms with Gasteiger partial charge in [-0.15, -0.1) is 0 Å². The van der Waals surface area contributed by atoms with Crippen LogP contribution in [0.4, 0.5) is 13.2 Å². The van der Waals surface area contributed by atoms with Gasteiger partial charge in [0, 0.05) is 39.2 Å². The first-order valence-electron chi connectivity index (χ1n) is 10.6. The molecule has 1 aromatic heterocycles. The summed E-state index contributed by atoms with van der Waals surface area (Å²) in [4.78, 5) is 18.2. The number of alkyl halides is 3. The highest BCUT2D eigenvalue weighted by Gasteiger charge is 2.62. The van der Waals surface area contributed by atoms with Gasteiger partial charge in [-0.05, 0) is 54.4 Å². The van der Waals surface area contributed by atoms with Crippen molar-refractivity contribution in [3.8, 4) is 0 Å². The van der Waals surface area contributed by atoms with Crippen molar-refractivity contribution in [2.24, 2.45) is 5.16 Å². The van der Waals surface area contributed by atoms with Crippen LogP contribution in [0.1, 0.15) is 33.5 Å². The van der Waals surface area contributed by atoms with Crippen LogP contribution >= 0.6 is 23.2 Å². The summed E-state index contributed by atoms with van der Waals surface area (Å²) in [6.07, 6.45) is -3.64. The van der Waals surface area contributed by atoms with Crippen LogP contribution in [-0.2, 0) is 10.4 Å². The van der Waals surface area contributed by atoms with E-state index in [0.717, 1.165) is 16.5 Å². The Bertz CT molecular complexity index is 1470. The molecule has 0 saturated heterocycles. The largest absolute Gasteiger partial charge is 0.435 e. The topological polar surface area (TPSA) is 43.6 Å². The minimum atomic E-state index is -4.78. The summed E-state index contributed by atoms with van der Waals surface area (Å²) >= 11 is 11.9. The predicted molar refractivity (Wildman–Crippen MR) is 129 cm³/mol. The number of aryl methyl sites for hydroxylation is 1. The van der Waals surface area contributed by atoms with Crippen LogP contribution < -0.4 is 0 Å². The molecule has 0 saturated carbocycles. The van der Waals surface area contributed by atoms with Gasteiger partial charge in [0.05, 0.1) is 11.2 Å². The summed E-state index contributed by atoms with van der Waals surface area (Å²) in [7, 11) is 0. The number of para-hydroxylation sites is 1. The van der Waals surface area contributed by atoms with E-state index in [4.69, 9.17) is 28.0 Å². The van der Waals surface area contributed by atoms with Gasteiger partial charge in [-0.1, -0.05) is 58.7 Å². The van der Waals surface area contributed by atoms with Gasteiger partial charge in [0.2, 0.25) is 0 Å². The van der Waals surface area contributed by atoms with Crippen molar-refractivity contribution in [2.75, 3.05) is 0 Å². The van der Waals surface area contributed by atoms with E-state index in [-0.39, 0.29) is 27.2 Å². The fourth-order valence-corrected chi connectivity index (χ4v) is 4.86. The van der Waals surface area contributed by atoms with Crippen molar-refractivity contribution in [1.29, 1.82) is 0 Å². The van der Waals surface area contributed by atoms with Crippen LogP contribution in [-0.4, -0.2) is 22.4 Å². The van der Waals surface area contributed by atoms with E-state index in [1.54, 1.807) is 35.0 Å². The number of hydrogen-bond acceptors (Lipinski definition) is 3. The van der Waals surface area contributed by atoms with Crippen molar-refractivity contribution >= 4 is 45.7 Å². The summed E-state index contributed by atoms with van der Waals surface area (Å²) in [5.74, 6) is -0.247. The maximum Gasteiger partial charge on any atom is 0.435 e. The second kappa shape index (κ2) is 8.43. The molecule has 0 bridgehead atoms. The molecule has 1 unspecified atom stereocenters. The zero-order valence-corrected chi connectivity index (χ0v) is 19.7. The molecule has 0 amide bonds. The molecular weight excluding hydrogens is 500 g/mol. The lowest BCUT2D eigenvalue weighted by Crippen LogP contribution is -2.42. The van der Waals surface area contributed by atoms with E-state index in [0.29, 0.717) is 11.1 Å². The highest BCUT2D eigenvalue weighted by atomic mass is 35.5. The third-order valence-corrected chi connectivity index (χ3v) is 6.55. The number of carbonyl (C=O) groups is 1. The smallest absolute Gasteiger partial charge is 0.374 e. The molecule has 2 heterocycles. The lowest BCUT2D eigenvalue weighted by molar-refractivity contribution is -0.275. The summed E-state index contributed by atoms with van der Waals surface area (Å²) in [6.45, 7) is 1.92. The Labute approximate surface area is 208 Å². The molecule has 9 heteroatoms. The highest BCUT2D eigenvalue weighted by molar-refractivity contribution is 6.34. The van der Waals surface area contributed by atoms with E-state index < -0.39 is 18.2 Å². The van der Waals surface area contributed by atoms with E-state index in [1.807, 2.05) is 31.2 Å². The SMILES string of the molecule is Cc1cccc2ccn(C(=O)c3ccc(C4=NOC(c5cc(Cl)cc(Cl)c5)(C(F)(F)F)C4)cc3)c12. The Kier molecular flexibility index (Phi) is 5.65. The van der Waals surface area contributed by atoms with E-state index in [2.05, 4.69) is 5.16 Å². The fourth-order valence-electron chi connectivity index (χ4n) is 4.33. The van der Waals surface area contributed by atoms with E-state index in [1.165, 1.54) is 18.2 Å². The molecule has 4 nitrogen and oxygen atoms in total. The maximum atomic E-state index is 14.2. The van der Waals surface area contributed by atoms with Crippen molar-refractivity contribution in [3.05, 3.63) is 105 Å². The Hall–Kier alpha value is -3.29. The lowest BCUT2D eigenvalue weighted by Gasteiger charge is -2.29. The summed E-state index contributed by atoms with van der Waals surface area (Å²) in [5.41, 5.74) is -0.285. The second-order valence-electron chi connectivity index (χ2n) is 8.37. The van der Waals surface area contributed by atoms with Gasteiger partial charge in [-0.25, -0.2) is 0 Å². The molecule has 1 aliphatic heterocycles. The van der Waals surface area contributed by atoms with Gasteiger partial charge in [0.25, 0.3) is 11.5 Å². The van der Waals surface area contributed by atoms with Gasteiger partial charge in [-0.2, -0.15) is 13.2 Å². The van der Waals surface area contributed by atoms with Gasteiger partial charge >= 0.3 is 6.18 Å². The molecule has 35 heavy (non-hydrogen) atoms. The summed E-state index contributed by atoms with van der Waals surface area (Å²) < 4.78 is 44.2. The second-order valence-corrected chi connectivity index (χ2v) is 9.24. The molecule has 3 aromatic carbocycles. The van der Waals surface area contributed by atoms with E-state index >= 15 is 0 Å². The molecule has 1 atom stereocenters. The van der Waals surface area contributed by atoms with Crippen LogP contribution in [0.2, 0.25) is 10.0 Å². The number of carbonyl (C=O) groups excluding carboxylic acids is 1. The van der Waals surface area contributed by atoms with Crippen LogP contribution in [0.5, 0.6) is 0 Å². The third kappa shape index (κ3) is 3.98. The average molecular weight is 517 g/mol. The molecule has 0 fully saturated rings. The Morgan fingerprint density at radius 2 is 1.71 bits per heavy atom. The number of nitrogens with zero attached hydrogens (tertiary/aromatic N) is 2. The number of aromatic nitrogens is 1. The van der Waals surface area contributed by atoms with Crippen LogP contribution in [0.3, 0.4) is 0 Å². The number of rotatable bonds is 3. The van der Waals surface area contributed by atoms with Crippen molar-refractivity contribution in [3.63, 3.8) is 0 Å². The highest BCUT2D eigenvalue weighted by Crippen LogP contribution is 2.49. The van der Waals surface area contributed by atoms with Crippen LogP contribution in [0.15, 0.2) is 78.1 Å². The molecule has 1 aliphatic rings. The minimum Gasteiger partial charge on any atom is -0.374 e. The number of fused-ring (bicyclic) bond motifs is 1. The van der Waals surface area contributed by atoms with Gasteiger partial charge < -0.3 is 4.84 Å². The Balaban J connectivity index is 1.44. The van der Waals surface area contributed by atoms with Gasteiger partial charge in [-0.3, -0.25) is 9.36 Å². The number of oxime groups is 1. The maximum absolute atomic E-state index is 14.2. The summed E-state index contributed by atoms with van der Waals surface area (Å²) in [6, 6.07) is 17.6. The standard InChI is InChI=1S/C26H17Cl2F3N2O2/c1-15-3-2-4-17-9-10-33(23(15)17)24(34)18-7-5-16(6-8-18)22-14-25(35-32-22,26(29,30)31)19-11-20(27)13-21(28)12-19/h2-13H,14H2,1H3. The number of halogens is 5. The monoisotopic (exact) mass is 516 g/mol. The lowest BCUT2D eigenvalue weighted by atomic mass is 9.86. The first-order valence-corrected chi connectivity index (χ1v) is 11.3. The predicted octanol–water partition coefficient (Wildman–Crippen LogP) is 7.53. The van der Waals surface area contributed by atoms with Gasteiger partial charge in [0.15, 0.2) is 0 Å². The number of hydrogen-bond donors (Lipinski definition) is 0. The van der Waals surface area contributed by atoms with Crippen LogP contribution in [0.25, 0.3) is 10.9 Å². The minimum absolute atomic E-state index is 0.0591. The van der Waals surface area contributed by atoms with Crippen LogP contribution in [0, 0.1) is 6.92 Å². The molecule has 178 valence electrons. The molecule has 0 radical (unpaired) electrons. The quantitative estimate of drug-likeness (QED) is 0.282. The summed E-state index contributed by atoms with van der Waals surface area (Å²) in [5, 5.41) is 4.82. The zero-order chi connectivity index (χ0) is 25.0. The number of benzene rings is 3. The Morgan fingerprint density at radius 3 is 2.37 bits per heavy atom. The molecule has 0 aliphatic carbocycles. The normalized spacial score (nSPS) is 17.9. The average Bonchev–Trinajstić information content (AvgIpc) is 3.45. The van der Waals surface area contributed by atoms with Crippen molar-refractivity contribution < 1.29 is 22.8 Å². The van der Waals surface area contributed by atoms with E-state index in [9.17, 15) is 18.0 Å².